The molecule has 0 spiro atoms. The first-order valence-corrected chi connectivity index (χ1v) is 17.1. The van der Waals surface area contributed by atoms with E-state index in [9.17, 15) is 15.0 Å². The Balaban J connectivity index is 1.14. The van der Waals surface area contributed by atoms with E-state index in [1.54, 1.807) is 0 Å². The van der Waals surface area contributed by atoms with E-state index in [0.717, 1.165) is 94.1 Å². The maximum absolute atomic E-state index is 11.5. The summed E-state index contributed by atoms with van der Waals surface area (Å²) in [6.45, 7) is 0.721. The second-order valence-corrected chi connectivity index (χ2v) is 13.0. The van der Waals surface area contributed by atoms with Crippen molar-refractivity contribution in [3.8, 4) is 5.75 Å². The monoisotopic (exact) mass is 610 g/mol. The Hall–Kier alpha value is -3.41. The molecule has 1 aliphatic carbocycles. The molecular formula is C40H50O5. The minimum absolute atomic E-state index is 0.152. The van der Waals surface area contributed by atoms with Crippen LogP contribution >= 0.6 is 0 Å². The molecule has 0 bridgehead atoms. The van der Waals surface area contributed by atoms with Crippen molar-refractivity contribution < 1.29 is 24.5 Å². The number of carbonyl (C=O) groups is 1. The zero-order valence-corrected chi connectivity index (χ0v) is 26.6. The summed E-state index contributed by atoms with van der Waals surface area (Å²) in [7, 11) is 0. The minimum atomic E-state index is -0.668. The Bertz CT molecular complexity index is 1330. The van der Waals surface area contributed by atoms with Crippen LogP contribution in [-0.2, 0) is 22.4 Å². The first-order valence-electron chi connectivity index (χ1n) is 17.1. The molecular weight excluding hydrogens is 560 g/mol. The minimum Gasteiger partial charge on any atom is -0.493 e. The van der Waals surface area contributed by atoms with Crippen LogP contribution < -0.4 is 4.74 Å². The van der Waals surface area contributed by atoms with Gasteiger partial charge < -0.3 is 19.7 Å². The zero-order valence-electron chi connectivity index (χ0n) is 26.6. The van der Waals surface area contributed by atoms with E-state index in [4.69, 9.17) is 9.47 Å². The fourth-order valence-electron chi connectivity index (χ4n) is 6.80. The number of aryl methyl sites for hydroxylation is 1. The lowest BCUT2D eigenvalue weighted by atomic mass is 9.79. The third-order valence-corrected chi connectivity index (χ3v) is 9.52. The number of ether oxygens (including phenoxy) is 2. The Labute approximate surface area is 269 Å². The highest BCUT2D eigenvalue weighted by atomic mass is 16.7. The van der Waals surface area contributed by atoms with Crippen molar-refractivity contribution in [2.75, 3.05) is 6.61 Å². The molecule has 5 rings (SSSR count). The van der Waals surface area contributed by atoms with Crippen LogP contribution in [0.15, 0.2) is 84.9 Å². The Morgan fingerprint density at radius 3 is 2.44 bits per heavy atom. The van der Waals surface area contributed by atoms with Gasteiger partial charge in [0.05, 0.1) is 12.5 Å². The molecule has 0 radical (unpaired) electrons. The summed E-state index contributed by atoms with van der Waals surface area (Å²) in [5.74, 6) is 1.09. The predicted molar refractivity (Wildman–Crippen MR) is 180 cm³/mol. The molecule has 5 heteroatoms. The van der Waals surface area contributed by atoms with E-state index < -0.39 is 12.3 Å². The molecule has 2 fully saturated rings. The lowest BCUT2D eigenvalue weighted by Gasteiger charge is -2.26. The fraction of sp³-hybridized carbons (Fsp3) is 0.475. The van der Waals surface area contributed by atoms with E-state index in [1.807, 2.05) is 6.07 Å². The van der Waals surface area contributed by atoms with Crippen molar-refractivity contribution in [2.24, 2.45) is 17.8 Å². The molecule has 0 aromatic heterocycles. The molecule has 3 aromatic rings. The molecule has 2 aliphatic rings. The van der Waals surface area contributed by atoms with Gasteiger partial charge in [-0.2, -0.15) is 0 Å². The SMILES string of the molecule is O=C(O)C1CCCC(CCCCC(/C=C/c2ccccc2OCCCCCc2ccccc2)Cc2ccc(C3OC3O)cc2)C1. The second kappa shape index (κ2) is 17.3. The van der Waals surface area contributed by atoms with Gasteiger partial charge in [0.25, 0.3) is 0 Å². The summed E-state index contributed by atoms with van der Waals surface area (Å²) in [4.78, 5) is 11.5. The number of carboxylic acid groups (broad SMARTS) is 1. The molecule has 5 atom stereocenters. The zero-order chi connectivity index (χ0) is 31.3. The molecule has 1 saturated carbocycles. The molecule has 1 heterocycles. The van der Waals surface area contributed by atoms with Crippen molar-refractivity contribution in [2.45, 2.75) is 95.9 Å². The standard InChI is InChI=1S/C40H50O5/c41-39(42)36-19-11-17-31(29-36)15-6-7-16-32(28-33-22-25-35(26-23-33)38-40(43)45-38)21-24-34-18-8-9-20-37(34)44-27-10-2-5-14-30-12-3-1-4-13-30/h1,3-4,8-9,12-13,18,20-26,31-32,36,38,40,43H,2,5-7,10-11,14-17,19,27-29H2,(H,41,42)/b24-21+. The highest BCUT2D eigenvalue weighted by Crippen LogP contribution is 2.37. The van der Waals surface area contributed by atoms with E-state index in [0.29, 0.717) is 11.8 Å². The largest absolute Gasteiger partial charge is 0.493 e. The summed E-state index contributed by atoms with van der Waals surface area (Å²) in [6, 6.07) is 27.5. The van der Waals surface area contributed by atoms with Gasteiger partial charge in [-0.05, 0) is 86.0 Å². The van der Waals surface area contributed by atoms with Gasteiger partial charge in [0.2, 0.25) is 0 Å². The number of aliphatic hydroxyl groups is 1. The van der Waals surface area contributed by atoms with Crippen LogP contribution in [0.2, 0.25) is 0 Å². The number of hydrogen-bond donors (Lipinski definition) is 2. The number of aliphatic hydroxyl groups excluding tert-OH is 1. The number of benzene rings is 3. The number of rotatable bonds is 18. The Morgan fingerprint density at radius 2 is 1.67 bits per heavy atom. The number of unbranched alkanes of at least 4 members (excludes halogenated alkanes) is 3. The van der Waals surface area contributed by atoms with Crippen LogP contribution in [0.25, 0.3) is 6.08 Å². The average Bonchev–Trinajstić information content (AvgIpc) is 3.81. The van der Waals surface area contributed by atoms with Gasteiger partial charge in [0.15, 0.2) is 6.29 Å². The van der Waals surface area contributed by atoms with Crippen LogP contribution in [0.5, 0.6) is 5.75 Å². The van der Waals surface area contributed by atoms with Gasteiger partial charge in [-0.15, -0.1) is 0 Å². The number of para-hydroxylation sites is 1. The predicted octanol–water partition coefficient (Wildman–Crippen LogP) is 9.19. The van der Waals surface area contributed by atoms with Crippen molar-refractivity contribution in [3.63, 3.8) is 0 Å². The van der Waals surface area contributed by atoms with Crippen LogP contribution in [0.3, 0.4) is 0 Å². The summed E-state index contributed by atoms with van der Waals surface area (Å²) < 4.78 is 11.5. The highest BCUT2D eigenvalue weighted by molar-refractivity contribution is 5.70. The smallest absolute Gasteiger partial charge is 0.306 e. The molecule has 1 aliphatic heterocycles. The van der Waals surface area contributed by atoms with E-state index in [-0.39, 0.29) is 12.0 Å². The molecule has 5 unspecified atom stereocenters. The second-order valence-electron chi connectivity index (χ2n) is 13.0. The molecule has 0 amide bonds. The number of epoxide rings is 1. The topological polar surface area (TPSA) is 79.3 Å². The number of aliphatic carboxylic acids is 1. The highest BCUT2D eigenvalue weighted by Gasteiger charge is 2.38. The van der Waals surface area contributed by atoms with Crippen molar-refractivity contribution in [3.05, 3.63) is 107 Å². The van der Waals surface area contributed by atoms with Gasteiger partial charge in [-0.25, -0.2) is 0 Å². The quantitative estimate of drug-likeness (QED) is 0.111. The molecule has 5 nitrogen and oxygen atoms in total. The third kappa shape index (κ3) is 10.9. The number of hydrogen-bond acceptors (Lipinski definition) is 4. The molecule has 2 N–H and O–H groups in total. The summed E-state index contributed by atoms with van der Waals surface area (Å²) in [5.41, 5.74) is 4.82. The van der Waals surface area contributed by atoms with Crippen LogP contribution in [-0.4, -0.2) is 29.1 Å². The van der Waals surface area contributed by atoms with Crippen molar-refractivity contribution in [1.82, 2.24) is 0 Å². The number of carboxylic acids is 1. The molecule has 240 valence electrons. The number of allylic oxidation sites excluding steroid dienone is 1. The summed E-state index contributed by atoms with van der Waals surface area (Å²) >= 11 is 0. The molecule has 1 saturated heterocycles. The van der Waals surface area contributed by atoms with Crippen LogP contribution in [0.4, 0.5) is 0 Å². The first kappa shape index (κ1) is 33.0. The van der Waals surface area contributed by atoms with Crippen LogP contribution in [0.1, 0.15) is 99.0 Å². The van der Waals surface area contributed by atoms with Gasteiger partial charge in [0.1, 0.15) is 11.9 Å². The Morgan fingerprint density at radius 1 is 0.889 bits per heavy atom. The Kier molecular flexibility index (Phi) is 12.7. The maximum atomic E-state index is 11.5. The van der Waals surface area contributed by atoms with Crippen LogP contribution in [0, 0.1) is 17.8 Å². The van der Waals surface area contributed by atoms with Gasteiger partial charge in [-0.3, -0.25) is 4.79 Å². The van der Waals surface area contributed by atoms with E-state index in [1.165, 1.54) is 24.0 Å². The first-order chi connectivity index (χ1) is 22.0. The average molecular weight is 611 g/mol. The van der Waals surface area contributed by atoms with Gasteiger partial charge in [0, 0.05) is 5.56 Å². The molecule has 3 aromatic carbocycles. The van der Waals surface area contributed by atoms with E-state index >= 15 is 0 Å². The van der Waals surface area contributed by atoms with E-state index in [2.05, 4.69) is 84.9 Å². The molecule has 45 heavy (non-hydrogen) atoms. The van der Waals surface area contributed by atoms with Crippen molar-refractivity contribution in [1.29, 1.82) is 0 Å². The van der Waals surface area contributed by atoms with Gasteiger partial charge >= 0.3 is 5.97 Å². The summed E-state index contributed by atoms with van der Waals surface area (Å²) in [5, 5.41) is 19.1. The lowest BCUT2D eigenvalue weighted by Crippen LogP contribution is -2.22. The lowest BCUT2D eigenvalue weighted by molar-refractivity contribution is -0.143. The third-order valence-electron chi connectivity index (χ3n) is 9.52. The fourth-order valence-corrected chi connectivity index (χ4v) is 6.80. The normalized spacial score (nSPS) is 21.9. The maximum Gasteiger partial charge on any atom is 0.306 e. The van der Waals surface area contributed by atoms with Crippen molar-refractivity contribution >= 4 is 12.0 Å². The summed E-state index contributed by atoms with van der Waals surface area (Å²) in [6.07, 6.45) is 17.5. The van der Waals surface area contributed by atoms with Gasteiger partial charge in [-0.1, -0.05) is 117 Å².